The summed E-state index contributed by atoms with van der Waals surface area (Å²) in [7, 11) is -3.99. The molecule has 0 aliphatic carbocycles. The van der Waals surface area contributed by atoms with Gasteiger partial charge in [-0.25, -0.2) is 9.93 Å². The van der Waals surface area contributed by atoms with E-state index < -0.39 is 22.0 Å². The first-order valence-electron chi connectivity index (χ1n) is 5.59. The van der Waals surface area contributed by atoms with E-state index in [0.717, 1.165) is 0 Å². The smallest absolute Gasteiger partial charge is 0.410 e. The minimum absolute atomic E-state index is 0.0863. The Morgan fingerprint density at radius 2 is 1.83 bits per heavy atom. The Labute approximate surface area is 108 Å². The Morgan fingerprint density at radius 1 is 1.33 bits per heavy atom. The molecule has 0 aromatic carbocycles. The van der Waals surface area contributed by atoms with E-state index in [9.17, 15) is 13.2 Å². The summed E-state index contributed by atoms with van der Waals surface area (Å²) in [5.41, 5.74) is -0.606. The maximum absolute atomic E-state index is 11.8. The van der Waals surface area contributed by atoms with Crippen LogP contribution in [0.3, 0.4) is 0 Å². The number of amides is 1. The average molecular weight is 282 g/mol. The van der Waals surface area contributed by atoms with Crippen LogP contribution < -0.4 is 5.14 Å². The second-order valence-electron chi connectivity index (χ2n) is 5.08. The first-order valence-corrected chi connectivity index (χ1v) is 7.06. The lowest BCUT2D eigenvalue weighted by molar-refractivity contribution is 0.0165. The van der Waals surface area contributed by atoms with E-state index in [4.69, 9.17) is 9.88 Å². The van der Waals surface area contributed by atoms with Gasteiger partial charge < -0.3 is 9.64 Å². The van der Waals surface area contributed by atoms with E-state index >= 15 is 0 Å². The van der Waals surface area contributed by atoms with Crippen molar-refractivity contribution in [2.45, 2.75) is 46.3 Å². The molecule has 0 heterocycles. The Bertz CT molecular complexity index is 372. The molecule has 0 aromatic heterocycles. The molecule has 18 heavy (non-hydrogen) atoms. The average Bonchev–Trinajstić information content (AvgIpc) is 2.06. The van der Waals surface area contributed by atoms with Gasteiger partial charge in [0, 0.05) is 12.6 Å². The van der Waals surface area contributed by atoms with Gasteiger partial charge >= 0.3 is 16.4 Å². The highest BCUT2D eigenvalue weighted by molar-refractivity contribution is 7.84. The Kier molecular flexibility index (Phi) is 6.05. The van der Waals surface area contributed by atoms with E-state index in [1.807, 2.05) is 0 Å². The lowest BCUT2D eigenvalue weighted by Gasteiger charge is -2.29. The van der Waals surface area contributed by atoms with Crippen LogP contribution in [-0.4, -0.2) is 44.2 Å². The van der Waals surface area contributed by atoms with Crippen LogP contribution in [0.15, 0.2) is 0 Å². The van der Waals surface area contributed by atoms with Crippen molar-refractivity contribution in [2.24, 2.45) is 5.14 Å². The molecule has 0 unspecified atom stereocenters. The van der Waals surface area contributed by atoms with Crippen LogP contribution in [0, 0.1) is 0 Å². The van der Waals surface area contributed by atoms with Crippen LogP contribution in [0.5, 0.6) is 0 Å². The topological polar surface area (TPSA) is 98.9 Å². The summed E-state index contributed by atoms with van der Waals surface area (Å²) in [5, 5.41) is 4.69. The Morgan fingerprint density at radius 3 is 2.17 bits per heavy atom. The summed E-state index contributed by atoms with van der Waals surface area (Å²) in [6.45, 7) is 8.74. The molecule has 0 atom stereocenters. The molecule has 8 heteroatoms. The molecule has 0 bridgehead atoms. The van der Waals surface area contributed by atoms with E-state index in [1.54, 1.807) is 34.6 Å². The third kappa shape index (κ3) is 8.26. The van der Waals surface area contributed by atoms with Gasteiger partial charge in [0.05, 0.1) is 6.61 Å². The Hall–Kier alpha value is -0.860. The fraction of sp³-hybridized carbons (Fsp3) is 0.900. The first-order chi connectivity index (χ1) is 7.92. The zero-order valence-corrected chi connectivity index (χ0v) is 12.3. The number of carbonyl (C=O) groups is 1. The molecule has 1 amide bonds. The largest absolute Gasteiger partial charge is 0.444 e. The number of rotatable bonds is 5. The Balaban J connectivity index is 4.45. The maximum atomic E-state index is 11.8. The molecule has 0 aliphatic rings. The van der Waals surface area contributed by atoms with Gasteiger partial charge in [0.2, 0.25) is 0 Å². The monoisotopic (exact) mass is 282 g/mol. The number of ether oxygens (including phenoxy) is 1. The molecule has 0 saturated carbocycles. The molecule has 108 valence electrons. The molecular weight excluding hydrogens is 260 g/mol. The van der Waals surface area contributed by atoms with E-state index in [0.29, 0.717) is 0 Å². The van der Waals surface area contributed by atoms with Gasteiger partial charge in [-0.1, -0.05) is 0 Å². The van der Waals surface area contributed by atoms with Gasteiger partial charge in [-0.3, -0.25) is 4.18 Å². The zero-order chi connectivity index (χ0) is 14.6. The zero-order valence-electron chi connectivity index (χ0n) is 11.5. The highest BCUT2D eigenvalue weighted by Gasteiger charge is 2.24. The first kappa shape index (κ1) is 17.1. The van der Waals surface area contributed by atoms with Crippen LogP contribution in [0.4, 0.5) is 4.79 Å². The van der Waals surface area contributed by atoms with Gasteiger partial charge in [-0.2, -0.15) is 8.42 Å². The van der Waals surface area contributed by atoms with Gasteiger partial charge in [-0.05, 0) is 34.6 Å². The highest BCUT2D eigenvalue weighted by Crippen LogP contribution is 2.11. The van der Waals surface area contributed by atoms with Crippen molar-refractivity contribution in [3.8, 4) is 0 Å². The minimum Gasteiger partial charge on any atom is -0.444 e. The third-order valence-electron chi connectivity index (χ3n) is 1.83. The van der Waals surface area contributed by atoms with E-state index in [-0.39, 0.29) is 19.2 Å². The predicted octanol–water partition coefficient (Wildman–Crippen LogP) is 0.852. The normalized spacial score (nSPS) is 12.6. The van der Waals surface area contributed by atoms with Crippen LogP contribution in [-0.2, 0) is 19.2 Å². The molecular formula is C10H22N2O5S. The fourth-order valence-electron chi connectivity index (χ4n) is 1.13. The number of nitrogens with zero attached hydrogens (tertiary/aromatic N) is 1. The van der Waals surface area contributed by atoms with Gasteiger partial charge in [0.25, 0.3) is 0 Å². The van der Waals surface area contributed by atoms with Gasteiger partial charge in [0.15, 0.2) is 0 Å². The molecule has 0 aromatic rings. The van der Waals surface area contributed by atoms with Crippen molar-refractivity contribution in [3.63, 3.8) is 0 Å². The van der Waals surface area contributed by atoms with Crippen molar-refractivity contribution in [3.05, 3.63) is 0 Å². The molecule has 7 nitrogen and oxygen atoms in total. The minimum atomic E-state index is -3.99. The van der Waals surface area contributed by atoms with Crippen LogP contribution in [0.2, 0.25) is 0 Å². The molecule has 0 rings (SSSR count). The van der Waals surface area contributed by atoms with E-state index in [1.165, 1.54) is 4.90 Å². The third-order valence-corrected chi connectivity index (χ3v) is 2.33. The van der Waals surface area contributed by atoms with Crippen molar-refractivity contribution >= 4 is 16.4 Å². The number of hydrogen-bond donors (Lipinski definition) is 1. The molecule has 0 spiro atoms. The summed E-state index contributed by atoms with van der Waals surface area (Å²) in [6.07, 6.45) is -0.518. The quantitative estimate of drug-likeness (QED) is 0.806. The molecule has 0 radical (unpaired) electrons. The molecule has 0 saturated heterocycles. The number of carbonyl (C=O) groups excluding carboxylic acids is 1. The maximum Gasteiger partial charge on any atom is 0.410 e. The summed E-state index contributed by atoms with van der Waals surface area (Å²) >= 11 is 0. The van der Waals surface area contributed by atoms with E-state index in [2.05, 4.69) is 4.18 Å². The highest BCUT2D eigenvalue weighted by atomic mass is 32.2. The van der Waals surface area contributed by atoms with Crippen molar-refractivity contribution < 1.29 is 22.1 Å². The van der Waals surface area contributed by atoms with Crippen LogP contribution in [0.25, 0.3) is 0 Å². The second-order valence-corrected chi connectivity index (χ2v) is 6.30. The SMILES string of the molecule is CC(C)N(CCOS(N)(=O)=O)C(=O)OC(C)(C)C. The van der Waals surface area contributed by atoms with Crippen LogP contribution >= 0.6 is 0 Å². The summed E-state index contributed by atoms with van der Waals surface area (Å²) in [5.74, 6) is 0. The number of nitrogens with two attached hydrogens (primary N) is 1. The molecule has 0 aliphatic heterocycles. The standard InChI is InChI=1S/C10H22N2O5S/c1-8(2)12(6-7-16-18(11,14)15)9(13)17-10(3,4)5/h8H,6-7H2,1-5H3,(H2,11,14,15). The lowest BCUT2D eigenvalue weighted by Crippen LogP contribution is -2.43. The summed E-state index contributed by atoms with van der Waals surface area (Å²) in [4.78, 5) is 13.2. The number of hydrogen-bond acceptors (Lipinski definition) is 5. The van der Waals surface area contributed by atoms with Gasteiger partial charge in [0.1, 0.15) is 5.60 Å². The summed E-state index contributed by atoms with van der Waals surface area (Å²) < 4.78 is 30.8. The fourth-order valence-corrected chi connectivity index (χ4v) is 1.44. The molecule has 2 N–H and O–H groups in total. The lowest BCUT2D eigenvalue weighted by atomic mass is 10.2. The van der Waals surface area contributed by atoms with Crippen molar-refractivity contribution in [1.29, 1.82) is 0 Å². The van der Waals surface area contributed by atoms with Crippen molar-refractivity contribution in [2.75, 3.05) is 13.2 Å². The van der Waals surface area contributed by atoms with Crippen molar-refractivity contribution in [1.82, 2.24) is 4.90 Å². The van der Waals surface area contributed by atoms with Crippen LogP contribution in [0.1, 0.15) is 34.6 Å². The van der Waals surface area contributed by atoms with Gasteiger partial charge in [-0.15, -0.1) is 0 Å². The second kappa shape index (κ2) is 6.35. The summed E-state index contributed by atoms with van der Waals surface area (Å²) in [6, 6.07) is -0.135. The predicted molar refractivity (Wildman–Crippen MR) is 67.1 cm³/mol. The molecule has 0 fully saturated rings.